The molecule has 1 fully saturated rings. The predicted molar refractivity (Wildman–Crippen MR) is 123 cm³/mol. The van der Waals surface area contributed by atoms with Crippen LogP contribution in [0.2, 0.25) is 0 Å². The second kappa shape index (κ2) is 9.50. The maximum Gasteiger partial charge on any atom is 0.416 e. The summed E-state index contributed by atoms with van der Waals surface area (Å²) < 4.78 is 52.0. The number of hydrogen-bond acceptors (Lipinski definition) is 3. The van der Waals surface area contributed by atoms with Gasteiger partial charge >= 0.3 is 6.18 Å². The number of benzene rings is 3. The molecule has 1 aliphatic heterocycles. The van der Waals surface area contributed by atoms with Crippen LogP contribution in [0.15, 0.2) is 66.7 Å². The number of thioether (sulfide) groups is 1. The van der Waals surface area contributed by atoms with Gasteiger partial charge in [0.2, 0.25) is 5.91 Å². The Bertz CT molecular complexity index is 1230. The first-order chi connectivity index (χ1) is 16.1. The third-order valence-electron chi connectivity index (χ3n) is 5.45. The Balaban J connectivity index is 1.50. The molecule has 1 aliphatic rings. The summed E-state index contributed by atoms with van der Waals surface area (Å²) in [6, 6.07) is 15.6. The third-order valence-corrected chi connectivity index (χ3v) is 6.66. The molecular weight excluding hydrogens is 468 g/mol. The van der Waals surface area contributed by atoms with Crippen molar-refractivity contribution in [2.75, 3.05) is 10.7 Å². The van der Waals surface area contributed by atoms with Crippen LogP contribution in [-0.2, 0) is 17.5 Å². The van der Waals surface area contributed by atoms with Crippen LogP contribution in [0.5, 0.6) is 0 Å². The number of carbonyl (C=O) groups is 2. The molecular formula is C25H20F4N2O2S. The minimum atomic E-state index is -4.45. The average molecular weight is 489 g/mol. The van der Waals surface area contributed by atoms with Gasteiger partial charge in [0.25, 0.3) is 5.91 Å². The van der Waals surface area contributed by atoms with E-state index in [1.807, 2.05) is 0 Å². The highest BCUT2D eigenvalue weighted by molar-refractivity contribution is 8.00. The number of rotatable bonds is 5. The van der Waals surface area contributed by atoms with E-state index in [9.17, 15) is 27.2 Å². The predicted octanol–water partition coefficient (Wildman–Crippen LogP) is 5.86. The zero-order valence-electron chi connectivity index (χ0n) is 18.0. The summed E-state index contributed by atoms with van der Waals surface area (Å²) in [7, 11) is 0. The second-order valence-corrected chi connectivity index (χ2v) is 8.93. The number of alkyl halides is 3. The maximum absolute atomic E-state index is 13.3. The lowest BCUT2D eigenvalue weighted by molar-refractivity contribution is -0.137. The van der Waals surface area contributed by atoms with Crippen LogP contribution in [-0.4, -0.2) is 17.6 Å². The lowest BCUT2D eigenvalue weighted by Crippen LogP contribution is -2.29. The molecule has 0 saturated carbocycles. The Kier molecular flexibility index (Phi) is 6.65. The number of aryl methyl sites for hydroxylation is 1. The first-order valence-corrected chi connectivity index (χ1v) is 11.4. The van der Waals surface area contributed by atoms with Crippen molar-refractivity contribution in [2.45, 2.75) is 25.0 Å². The van der Waals surface area contributed by atoms with Crippen molar-refractivity contribution in [2.24, 2.45) is 0 Å². The van der Waals surface area contributed by atoms with Gasteiger partial charge in [-0.25, -0.2) is 4.39 Å². The topological polar surface area (TPSA) is 49.4 Å². The summed E-state index contributed by atoms with van der Waals surface area (Å²) in [4.78, 5) is 26.9. The molecule has 1 saturated heterocycles. The molecule has 34 heavy (non-hydrogen) atoms. The van der Waals surface area contributed by atoms with E-state index >= 15 is 0 Å². The fourth-order valence-electron chi connectivity index (χ4n) is 3.77. The smallest absolute Gasteiger partial charge is 0.348 e. The van der Waals surface area contributed by atoms with E-state index in [-0.39, 0.29) is 29.4 Å². The molecule has 0 spiro atoms. The first kappa shape index (κ1) is 23.8. The highest BCUT2D eigenvalue weighted by Crippen LogP contribution is 2.42. The molecule has 0 aliphatic carbocycles. The zero-order valence-corrected chi connectivity index (χ0v) is 18.8. The van der Waals surface area contributed by atoms with Crippen LogP contribution in [0.4, 0.5) is 23.2 Å². The van der Waals surface area contributed by atoms with Gasteiger partial charge in [0.1, 0.15) is 11.2 Å². The maximum atomic E-state index is 13.3. The number of nitrogens with zero attached hydrogens (tertiary/aromatic N) is 1. The van der Waals surface area contributed by atoms with Crippen molar-refractivity contribution >= 4 is 29.3 Å². The lowest BCUT2D eigenvalue weighted by Gasteiger charge is -2.26. The standard InChI is InChI=1S/C25H20F4N2O2S/c1-15-11-18(23(33)30-13-16-3-2-4-19(12-16)25(27,28)29)7-10-21(15)31-22(32)14-34-24(31)17-5-8-20(26)9-6-17/h2-12,24H,13-14H2,1H3,(H,30,33). The molecule has 4 nitrogen and oxygen atoms in total. The summed E-state index contributed by atoms with van der Waals surface area (Å²) in [6.07, 6.45) is -4.45. The Morgan fingerprint density at radius 1 is 1.09 bits per heavy atom. The fourth-order valence-corrected chi connectivity index (χ4v) is 4.94. The molecule has 0 aromatic heterocycles. The van der Waals surface area contributed by atoms with Gasteiger partial charge in [-0.3, -0.25) is 14.5 Å². The van der Waals surface area contributed by atoms with Gasteiger partial charge in [0.05, 0.1) is 11.3 Å². The number of amides is 2. The molecule has 0 bridgehead atoms. The Morgan fingerprint density at radius 3 is 2.50 bits per heavy atom. The minimum absolute atomic E-state index is 0.0581. The van der Waals surface area contributed by atoms with Crippen LogP contribution in [0.3, 0.4) is 0 Å². The molecule has 9 heteroatoms. The Morgan fingerprint density at radius 2 is 1.82 bits per heavy atom. The van der Waals surface area contributed by atoms with Crippen LogP contribution in [0.25, 0.3) is 0 Å². The van der Waals surface area contributed by atoms with Gasteiger partial charge in [-0.1, -0.05) is 24.3 Å². The number of carbonyl (C=O) groups excluding carboxylic acids is 2. The molecule has 3 aromatic carbocycles. The van der Waals surface area contributed by atoms with Crippen LogP contribution in [0, 0.1) is 12.7 Å². The van der Waals surface area contributed by atoms with Crippen LogP contribution >= 0.6 is 11.8 Å². The molecule has 1 unspecified atom stereocenters. The zero-order chi connectivity index (χ0) is 24.5. The summed E-state index contributed by atoms with van der Waals surface area (Å²) in [6.45, 7) is 1.72. The quantitative estimate of drug-likeness (QED) is 0.458. The van der Waals surface area contributed by atoms with Crippen molar-refractivity contribution in [1.82, 2.24) is 5.32 Å². The molecule has 4 rings (SSSR count). The molecule has 0 radical (unpaired) electrons. The highest BCUT2D eigenvalue weighted by Gasteiger charge is 2.35. The van der Waals surface area contributed by atoms with Gasteiger partial charge in [0.15, 0.2) is 0 Å². The van der Waals surface area contributed by atoms with Crippen LogP contribution < -0.4 is 10.2 Å². The normalized spacial score (nSPS) is 16.1. The van der Waals surface area contributed by atoms with Crippen molar-refractivity contribution in [3.63, 3.8) is 0 Å². The second-order valence-electron chi connectivity index (χ2n) is 7.86. The fraction of sp³-hybridized carbons (Fsp3) is 0.200. The number of halogens is 4. The first-order valence-electron chi connectivity index (χ1n) is 10.4. The minimum Gasteiger partial charge on any atom is -0.348 e. The van der Waals surface area contributed by atoms with E-state index in [1.54, 1.807) is 42.2 Å². The van der Waals surface area contributed by atoms with Gasteiger partial charge < -0.3 is 5.32 Å². The Labute approximate surface area is 198 Å². The van der Waals surface area contributed by atoms with E-state index in [1.165, 1.54) is 36.0 Å². The van der Waals surface area contributed by atoms with Crippen molar-refractivity contribution in [3.05, 3.63) is 100 Å². The van der Waals surface area contributed by atoms with E-state index in [0.29, 0.717) is 22.4 Å². The van der Waals surface area contributed by atoms with Crippen molar-refractivity contribution in [3.8, 4) is 0 Å². The molecule has 1 atom stereocenters. The molecule has 176 valence electrons. The Hall–Kier alpha value is -3.33. The summed E-state index contributed by atoms with van der Waals surface area (Å²) in [5.41, 5.74) is 2.00. The van der Waals surface area contributed by atoms with Gasteiger partial charge in [-0.2, -0.15) is 13.2 Å². The van der Waals surface area contributed by atoms with E-state index in [2.05, 4.69) is 5.32 Å². The van der Waals surface area contributed by atoms with Gasteiger partial charge in [-0.05, 0) is 66.1 Å². The summed E-state index contributed by atoms with van der Waals surface area (Å²) in [5.74, 6) is -0.615. The van der Waals surface area contributed by atoms with E-state index < -0.39 is 17.6 Å². The van der Waals surface area contributed by atoms with Gasteiger partial charge in [-0.15, -0.1) is 11.8 Å². The molecule has 1 heterocycles. The van der Waals surface area contributed by atoms with E-state index in [4.69, 9.17) is 0 Å². The summed E-state index contributed by atoms with van der Waals surface area (Å²) >= 11 is 1.43. The molecule has 1 N–H and O–H groups in total. The van der Waals surface area contributed by atoms with Crippen molar-refractivity contribution < 1.29 is 27.2 Å². The molecule has 2 amide bonds. The number of anilines is 1. The largest absolute Gasteiger partial charge is 0.416 e. The highest BCUT2D eigenvalue weighted by atomic mass is 32.2. The summed E-state index contributed by atoms with van der Waals surface area (Å²) in [5, 5.41) is 2.32. The third kappa shape index (κ3) is 5.09. The van der Waals surface area contributed by atoms with Gasteiger partial charge in [0, 0.05) is 17.8 Å². The number of hydrogen-bond donors (Lipinski definition) is 1. The average Bonchev–Trinajstić information content (AvgIpc) is 3.18. The SMILES string of the molecule is Cc1cc(C(=O)NCc2cccc(C(F)(F)F)c2)ccc1N1C(=O)CSC1c1ccc(F)cc1. The lowest BCUT2D eigenvalue weighted by atomic mass is 10.1. The van der Waals surface area contributed by atoms with E-state index in [0.717, 1.165) is 17.7 Å². The number of nitrogens with one attached hydrogen (secondary N) is 1. The monoisotopic (exact) mass is 488 g/mol. The van der Waals surface area contributed by atoms with Crippen molar-refractivity contribution in [1.29, 1.82) is 0 Å². The van der Waals surface area contributed by atoms with Crippen LogP contribution in [0.1, 0.15) is 38.0 Å². The molecule has 3 aromatic rings.